The van der Waals surface area contributed by atoms with Crippen LogP contribution in [0.25, 0.3) is 0 Å². The average molecular weight is 255 g/mol. The maximum absolute atomic E-state index is 11.2. The number of rotatable bonds is 5. The van der Waals surface area contributed by atoms with Crippen LogP contribution in [-0.4, -0.2) is 25.5 Å². The van der Waals surface area contributed by atoms with Crippen molar-refractivity contribution in [1.29, 1.82) is 5.26 Å². The van der Waals surface area contributed by atoms with Gasteiger partial charge in [0.05, 0.1) is 6.07 Å². The van der Waals surface area contributed by atoms with Crippen LogP contribution in [0, 0.1) is 11.3 Å². The van der Waals surface area contributed by atoms with Crippen molar-refractivity contribution in [2.24, 2.45) is 0 Å². The third-order valence-corrected chi connectivity index (χ3v) is 3.48. The van der Waals surface area contributed by atoms with Crippen molar-refractivity contribution in [3.8, 4) is 6.07 Å². The molecule has 0 saturated carbocycles. The van der Waals surface area contributed by atoms with Crippen LogP contribution in [0.15, 0.2) is 0 Å². The maximum Gasteiger partial charge on any atom is 0.227 e. The predicted octanol–water partition coefficient (Wildman–Crippen LogP) is 0.603. The predicted molar refractivity (Wildman–Crippen MR) is 50.4 cm³/mol. The van der Waals surface area contributed by atoms with Gasteiger partial charge in [0.1, 0.15) is 0 Å². The van der Waals surface area contributed by atoms with E-state index in [1.807, 2.05) is 0 Å². The number of nitrogens with one attached hydrogen (secondary N) is 1. The van der Waals surface area contributed by atoms with E-state index in [-0.39, 0.29) is 0 Å². The highest BCUT2D eigenvalue weighted by Crippen LogP contribution is 2.01. The molecule has 4 nitrogen and oxygen atoms in total. The number of hydrogen-bond donors (Lipinski definition) is 1. The summed E-state index contributed by atoms with van der Waals surface area (Å²) in [6, 6.07) is 1.74. The van der Waals surface area contributed by atoms with Gasteiger partial charge in [-0.15, -0.1) is 0 Å². The second-order valence-corrected chi connectivity index (χ2v) is 4.90. The second-order valence-electron chi connectivity index (χ2n) is 2.15. The number of halogens is 1. The molecule has 1 unspecified atom stereocenters. The van der Waals surface area contributed by atoms with E-state index in [2.05, 4.69) is 20.7 Å². The molecule has 0 aromatic carbocycles. The van der Waals surface area contributed by atoms with Gasteiger partial charge in [-0.2, -0.15) is 5.26 Å². The fourth-order valence-corrected chi connectivity index (χ4v) is 2.29. The van der Waals surface area contributed by atoms with E-state index < -0.39 is 15.3 Å². The van der Waals surface area contributed by atoms with Crippen LogP contribution in [0.3, 0.4) is 0 Å². The molecule has 6 heteroatoms. The van der Waals surface area contributed by atoms with Crippen molar-refractivity contribution in [2.75, 3.05) is 11.9 Å². The SMILES string of the molecule is CCC(C#N)S(=O)(=O)NCCBr. The van der Waals surface area contributed by atoms with E-state index in [0.717, 1.165) is 0 Å². The molecule has 0 aliphatic carbocycles. The van der Waals surface area contributed by atoms with Gasteiger partial charge in [0.2, 0.25) is 10.0 Å². The highest BCUT2D eigenvalue weighted by Gasteiger charge is 2.21. The Bertz CT molecular complexity index is 257. The number of sulfonamides is 1. The molecule has 0 saturated heterocycles. The molecule has 0 aliphatic rings. The van der Waals surface area contributed by atoms with Crippen molar-refractivity contribution in [3.63, 3.8) is 0 Å². The summed E-state index contributed by atoms with van der Waals surface area (Å²) < 4.78 is 24.7. The fourth-order valence-electron chi connectivity index (χ4n) is 0.662. The van der Waals surface area contributed by atoms with Gasteiger partial charge in [0, 0.05) is 11.9 Å². The molecule has 0 fully saturated rings. The molecule has 0 aliphatic heterocycles. The Hall–Kier alpha value is -0.120. The Morgan fingerprint density at radius 3 is 2.58 bits per heavy atom. The smallest absolute Gasteiger partial charge is 0.213 e. The summed E-state index contributed by atoms with van der Waals surface area (Å²) in [7, 11) is -3.43. The lowest BCUT2D eigenvalue weighted by atomic mass is 10.4. The van der Waals surface area contributed by atoms with Gasteiger partial charge < -0.3 is 0 Å². The number of nitriles is 1. The first-order chi connectivity index (χ1) is 5.58. The molecule has 70 valence electrons. The van der Waals surface area contributed by atoms with Crippen LogP contribution in [0.2, 0.25) is 0 Å². The molecule has 0 bridgehead atoms. The van der Waals surface area contributed by atoms with Gasteiger partial charge in [-0.05, 0) is 6.42 Å². The van der Waals surface area contributed by atoms with Gasteiger partial charge in [-0.3, -0.25) is 0 Å². The molecular formula is C6H11BrN2O2S. The molecule has 0 rings (SSSR count). The summed E-state index contributed by atoms with van der Waals surface area (Å²) in [5, 5.41) is 8.10. The molecular weight excluding hydrogens is 244 g/mol. The minimum atomic E-state index is -3.43. The van der Waals surface area contributed by atoms with E-state index in [1.54, 1.807) is 13.0 Å². The molecule has 1 atom stereocenters. The van der Waals surface area contributed by atoms with Crippen LogP contribution in [-0.2, 0) is 10.0 Å². The zero-order valence-corrected chi connectivity index (χ0v) is 9.15. The van der Waals surface area contributed by atoms with Crippen LogP contribution < -0.4 is 4.72 Å². The highest BCUT2D eigenvalue weighted by atomic mass is 79.9. The van der Waals surface area contributed by atoms with Gasteiger partial charge in [0.15, 0.2) is 5.25 Å². The van der Waals surface area contributed by atoms with Gasteiger partial charge in [0.25, 0.3) is 0 Å². The highest BCUT2D eigenvalue weighted by molar-refractivity contribution is 9.09. The zero-order chi connectivity index (χ0) is 9.61. The van der Waals surface area contributed by atoms with Crippen molar-refractivity contribution < 1.29 is 8.42 Å². The van der Waals surface area contributed by atoms with E-state index in [0.29, 0.717) is 18.3 Å². The van der Waals surface area contributed by atoms with Crippen LogP contribution in [0.5, 0.6) is 0 Å². The summed E-state index contributed by atoms with van der Waals surface area (Å²) in [4.78, 5) is 0. The van der Waals surface area contributed by atoms with E-state index in [1.165, 1.54) is 0 Å². The molecule has 0 radical (unpaired) electrons. The summed E-state index contributed by atoms with van der Waals surface area (Å²) in [6.45, 7) is 1.99. The molecule has 0 aromatic rings. The third-order valence-electron chi connectivity index (χ3n) is 1.29. The number of alkyl halides is 1. The maximum atomic E-state index is 11.2. The Morgan fingerprint density at radius 1 is 1.67 bits per heavy atom. The van der Waals surface area contributed by atoms with Gasteiger partial charge in [-0.1, -0.05) is 22.9 Å². The van der Waals surface area contributed by atoms with Crippen LogP contribution >= 0.6 is 15.9 Å². The Morgan fingerprint density at radius 2 is 2.25 bits per heavy atom. The molecule has 0 aromatic heterocycles. The molecule has 1 N–H and O–H groups in total. The lowest BCUT2D eigenvalue weighted by Crippen LogP contribution is -2.34. The van der Waals surface area contributed by atoms with Crippen LogP contribution in [0.1, 0.15) is 13.3 Å². The molecule has 0 heterocycles. The van der Waals surface area contributed by atoms with Crippen molar-refractivity contribution in [2.45, 2.75) is 18.6 Å². The lowest BCUT2D eigenvalue weighted by Gasteiger charge is -2.07. The first-order valence-corrected chi connectivity index (χ1v) is 6.19. The molecule has 12 heavy (non-hydrogen) atoms. The van der Waals surface area contributed by atoms with Crippen molar-refractivity contribution in [3.05, 3.63) is 0 Å². The van der Waals surface area contributed by atoms with Crippen molar-refractivity contribution >= 4 is 26.0 Å². The minimum absolute atomic E-state index is 0.314. The normalized spacial score (nSPS) is 13.8. The van der Waals surface area contributed by atoms with E-state index >= 15 is 0 Å². The third kappa shape index (κ3) is 3.52. The summed E-state index contributed by atoms with van der Waals surface area (Å²) in [5.74, 6) is 0. The van der Waals surface area contributed by atoms with Gasteiger partial charge in [-0.25, -0.2) is 13.1 Å². The minimum Gasteiger partial charge on any atom is -0.213 e. The number of nitrogens with zero attached hydrogens (tertiary/aromatic N) is 1. The fraction of sp³-hybridized carbons (Fsp3) is 0.833. The first kappa shape index (κ1) is 11.9. The average Bonchev–Trinajstić information content (AvgIpc) is 2.03. The first-order valence-electron chi connectivity index (χ1n) is 3.52. The number of hydrogen-bond acceptors (Lipinski definition) is 3. The van der Waals surface area contributed by atoms with Crippen molar-refractivity contribution in [1.82, 2.24) is 4.72 Å². The van der Waals surface area contributed by atoms with E-state index in [4.69, 9.17) is 5.26 Å². The second kappa shape index (κ2) is 5.51. The summed E-state index contributed by atoms with van der Waals surface area (Å²) in [6.07, 6.45) is 0.314. The Kier molecular flexibility index (Phi) is 5.46. The quantitative estimate of drug-likeness (QED) is 0.731. The Balaban J connectivity index is 4.30. The summed E-state index contributed by atoms with van der Waals surface area (Å²) in [5.41, 5.74) is 0. The lowest BCUT2D eigenvalue weighted by molar-refractivity contribution is 0.575. The topological polar surface area (TPSA) is 70.0 Å². The van der Waals surface area contributed by atoms with Gasteiger partial charge >= 0.3 is 0 Å². The Labute approximate surface area is 81.1 Å². The molecule has 0 spiro atoms. The van der Waals surface area contributed by atoms with E-state index in [9.17, 15) is 8.42 Å². The summed E-state index contributed by atoms with van der Waals surface area (Å²) >= 11 is 3.09. The largest absolute Gasteiger partial charge is 0.227 e. The molecule has 0 amide bonds. The standard InChI is InChI=1S/C6H11BrN2O2S/c1-2-6(5-8)12(10,11)9-4-3-7/h6,9H,2-4H2,1H3. The monoisotopic (exact) mass is 254 g/mol. The zero-order valence-electron chi connectivity index (χ0n) is 6.75. The van der Waals surface area contributed by atoms with Crippen LogP contribution in [0.4, 0.5) is 0 Å².